The first kappa shape index (κ1) is 11.1. The van der Waals surface area contributed by atoms with E-state index in [1.165, 1.54) is 0 Å². The molecule has 0 aliphatic carbocycles. The van der Waals surface area contributed by atoms with Crippen molar-refractivity contribution in [3.8, 4) is 0 Å². The fraction of sp³-hybridized carbons (Fsp3) is 0.636. The molecule has 0 spiro atoms. The number of hydrogen-bond donors (Lipinski definition) is 1. The molecule has 1 fully saturated rings. The van der Waals surface area contributed by atoms with Gasteiger partial charge in [0, 0.05) is 45.8 Å². The fourth-order valence-electron chi connectivity index (χ4n) is 1.77. The Kier molecular flexibility index (Phi) is 3.56. The van der Waals surface area contributed by atoms with Crippen LogP contribution in [0.3, 0.4) is 0 Å². The van der Waals surface area contributed by atoms with Gasteiger partial charge in [0.25, 0.3) is 0 Å². The highest BCUT2D eigenvalue weighted by Gasteiger charge is 2.12. The summed E-state index contributed by atoms with van der Waals surface area (Å²) in [6, 6.07) is 2.06. The molecule has 1 aliphatic heterocycles. The quantitative estimate of drug-likeness (QED) is 0.797. The summed E-state index contributed by atoms with van der Waals surface area (Å²) in [6.45, 7) is 7.18. The van der Waals surface area contributed by atoms with Gasteiger partial charge in [0.15, 0.2) is 0 Å². The van der Waals surface area contributed by atoms with Crippen LogP contribution in [0.2, 0.25) is 0 Å². The number of hydrogen-bond acceptors (Lipinski definition) is 5. The SMILES string of the molecule is CCN(C)c1cc(N2CCNCC2)ncn1. The molecule has 0 unspecified atom stereocenters. The Labute approximate surface area is 96.5 Å². The van der Waals surface area contributed by atoms with Crippen LogP contribution in [-0.4, -0.2) is 49.7 Å². The molecule has 1 aromatic heterocycles. The summed E-state index contributed by atoms with van der Waals surface area (Å²) in [5.41, 5.74) is 0. The molecule has 1 aromatic rings. The number of anilines is 2. The van der Waals surface area contributed by atoms with Crippen LogP contribution >= 0.6 is 0 Å². The summed E-state index contributed by atoms with van der Waals surface area (Å²) in [6.07, 6.45) is 1.65. The molecule has 0 amide bonds. The van der Waals surface area contributed by atoms with E-state index in [9.17, 15) is 0 Å². The number of rotatable bonds is 3. The smallest absolute Gasteiger partial charge is 0.134 e. The maximum Gasteiger partial charge on any atom is 0.134 e. The van der Waals surface area contributed by atoms with E-state index >= 15 is 0 Å². The fourth-order valence-corrected chi connectivity index (χ4v) is 1.77. The van der Waals surface area contributed by atoms with Gasteiger partial charge in [-0.25, -0.2) is 9.97 Å². The van der Waals surface area contributed by atoms with E-state index < -0.39 is 0 Å². The van der Waals surface area contributed by atoms with E-state index in [0.29, 0.717) is 0 Å². The number of nitrogens with one attached hydrogen (secondary N) is 1. The number of piperazine rings is 1. The van der Waals surface area contributed by atoms with Crippen LogP contribution in [0.15, 0.2) is 12.4 Å². The summed E-state index contributed by atoms with van der Waals surface area (Å²) in [4.78, 5) is 13.0. The minimum Gasteiger partial charge on any atom is -0.360 e. The lowest BCUT2D eigenvalue weighted by atomic mass is 10.3. The van der Waals surface area contributed by atoms with E-state index in [1.54, 1.807) is 6.33 Å². The summed E-state index contributed by atoms with van der Waals surface area (Å²) in [5, 5.41) is 3.34. The van der Waals surface area contributed by atoms with Crippen molar-refractivity contribution < 1.29 is 0 Å². The highest BCUT2D eigenvalue weighted by molar-refractivity contribution is 5.49. The van der Waals surface area contributed by atoms with E-state index in [0.717, 1.165) is 44.4 Å². The second-order valence-corrected chi connectivity index (χ2v) is 3.99. The molecule has 0 aromatic carbocycles. The molecule has 0 bridgehead atoms. The molecule has 1 N–H and O–H groups in total. The molecular weight excluding hydrogens is 202 g/mol. The highest BCUT2D eigenvalue weighted by atomic mass is 15.2. The standard InChI is InChI=1S/C11H19N5/c1-3-15(2)10-8-11(14-9-13-10)16-6-4-12-5-7-16/h8-9,12H,3-7H2,1-2H3. The maximum absolute atomic E-state index is 4.34. The predicted molar refractivity (Wildman–Crippen MR) is 66.1 cm³/mol. The van der Waals surface area contributed by atoms with Gasteiger partial charge in [-0.3, -0.25) is 0 Å². The first-order valence-electron chi connectivity index (χ1n) is 5.80. The zero-order valence-electron chi connectivity index (χ0n) is 9.98. The average Bonchev–Trinajstić information content (AvgIpc) is 2.39. The Morgan fingerprint density at radius 3 is 2.81 bits per heavy atom. The third kappa shape index (κ3) is 2.41. The molecule has 0 atom stereocenters. The van der Waals surface area contributed by atoms with E-state index in [-0.39, 0.29) is 0 Å². The first-order chi connectivity index (χ1) is 7.81. The predicted octanol–water partition coefficient (Wildman–Crippen LogP) is 0.342. The van der Waals surface area contributed by atoms with Crippen LogP contribution in [0.25, 0.3) is 0 Å². The van der Waals surface area contributed by atoms with E-state index in [4.69, 9.17) is 0 Å². The summed E-state index contributed by atoms with van der Waals surface area (Å²) in [7, 11) is 2.05. The highest BCUT2D eigenvalue weighted by Crippen LogP contribution is 2.16. The van der Waals surface area contributed by atoms with Gasteiger partial charge >= 0.3 is 0 Å². The molecule has 5 heteroatoms. The van der Waals surface area contributed by atoms with Crippen LogP contribution in [0, 0.1) is 0 Å². The molecule has 88 valence electrons. The lowest BCUT2D eigenvalue weighted by Gasteiger charge is -2.29. The van der Waals surface area contributed by atoms with Crippen LogP contribution in [0.1, 0.15) is 6.92 Å². The average molecular weight is 221 g/mol. The number of aromatic nitrogens is 2. The van der Waals surface area contributed by atoms with Gasteiger partial charge in [-0.05, 0) is 6.92 Å². The van der Waals surface area contributed by atoms with Gasteiger partial charge in [-0.2, -0.15) is 0 Å². The normalized spacial score (nSPS) is 16.2. The lowest BCUT2D eigenvalue weighted by molar-refractivity contribution is 0.584. The third-order valence-electron chi connectivity index (χ3n) is 2.94. The Morgan fingerprint density at radius 2 is 2.12 bits per heavy atom. The van der Waals surface area contributed by atoms with Crippen molar-refractivity contribution in [1.82, 2.24) is 15.3 Å². The van der Waals surface area contributed by atoms with Crippen molar-refractivity contribution in [2.45, 2.75) is 6.92 Å². The zero-order valence-corrected chi connectivity index (χ0v) is 9.98. The molecule has 5 nitrogen and oxygen atoms in total. The van der Waals surface area contributed by atoms with Crippen molar-refractivity contribution in [1.29, 1.82) is 0 Å². The van der Waals surface area contributed by atoms with Gasteiger partial charge in [0.05, 0.1) is 0 Å². The van der Waals surface area contributed by atoms with Crippen molar-refractivity contribution in [2.75, 3.05) is 49.6 Å². The second kappa shape index (κ2) is 5.12. The van der Waals surface area contributed by atoms with Crippen molar-refractivity contribution in [3.05, 3.63) is 12.4 Å². The molecule has 1 saturated heterocycles. The minimum atomic E-state index is 0.956. The molecular formula is C11H19N5. The molecule has 16 heavy (non-hydrogen) atoms. The molecule has 1 aliphatic rings. The van der Waals surface area contributed by atoms with E-state index in [2.05, 4.69) is 38.1 Å². The van der Waals surface area contributed by atoms with Crippen molar-refractivity contribution in [2.24, 2.45) is 0 Å². The minimum absolute atomic E-state index is 0.956. The molecule has 0 radical (unpaired) electrons. The zero-order chi connectivity index (χ0) is 11.4. The van der Waals surface area contributed by atoms with Gasteiger partial charge < -0.3 is 15.1 Å². The van der Waals surface area contributed by atoms with Crippen molar-refractivity contribution >= 4 is 11.6 Å². The largest absolute Gasteiger partial charge is 0.360 e. The Balaban J connectivity index is 2.14. The van der Waals surface area contributed by atoms with Crippen LogP contribution < -0.4 is 15.1 Å². The van der Waals surface area contributed by atoms with Crippen LogP contribution in [-0.2, 0) is 0 Å². The lowest BCUT2D eigenvalue weighted by Crippen LogP contribution is -2.44. The summed E-state index contributed by atoms with van der Waals surface area (Å²) >= 11 is 0. The summed E-state index contributed by atoms with van der Waals surface area (Å²) in [5.74, 6) is 2.03. The monoisotopic (exact) mass is 221 g/mol. The van der Waals surface area contributed by atoms with Gasteiger partial charge in [0.2, 0.25) is 0 Å². The van der Waals surface area contributed by atoms with Gasteiger partial charge in [-0.15, -0.1) is 0 Å². The molecule has 2 rings (SSSR count). The first-order valence-corrected chi connectivity index (χ1v) is 5.80. The van der Waals surface area contributed by atoms with Gasteiger partial charge in [0.1, 0.15) is 18.0 Å². The van der Waals surface area contributed by atoms with Crippen molar-refractivity contribution in [3.63, 3.8) is 0 Å². The molecule has 2 heterocycles. The Bertz CT molecular complexity index is 335. The summed E-state index contributed by atoms with van der Waals surface area (Å²) < 4.78 is 0. The Hall–Kier alpha value is -1.36. The second-order valence-electron chi connectivity index (χ2n) is 3.99. The van der Waals surface area contributed by atoms with Gasteiger partial charge in [-0.1, -0.05) is 0 Å². The maximum atomic E-state index is 4.34. The molecule has 0 saturated carbocycles. The number of nitrogens with zero attached hydrogens (tertiary/aromatic N) is 4. The van der Waals surface area contributed by atoms with Crippen LogP contribution in [0.4, 0.5) is 11.6 Å². The topological polar surface area (TPSA) is 44.3 Å². The van der Waals surface area contributed by atoms with E-state index in [1.807, 2.05) is 7.05 Å². The Morgan fingerprint density at radius 1 is 1.38 bits per heavy atom. The van der Waals surface area contributed by atoms with Crippen LogP contribution in [0.5, 0.6) is 0 Å². The third-order valence-corrected chi connectivity index (χ3v) is 2.94.